The van der Waals surface area contributed by atoms with Crippen LogP contribution in [0.3, 0.4) is 0 Å². The van der Waals surface area contributed by atoms with Gasteiger partial charge in [0.25, 0.3) is 0 Å². The normalized spacial score (nSPS) is 12.6. The van der Waals surface area contributed by atoms with E-state index in [9.17, 15) is 17.6 Å². The Kier molecular flexibility index (Phi) is 7.44. The number of pyridine rings is 1. The summed E-state index contributed by atoms with van der Waals surface area (Å²) in [5, 5.41) is 0. The van der Waals surface area contributed by atoms with Gasteiger partial charge in [0, 0.05) is 18.9 Å². The number of benzene rings is 2. The first kappa shape index (κ1) is 25.4. The molecule has 0 spiro atoms. The van der Waals surface area contributed by atoms with Crippen molar-refractivity contribution in [2.24, 2.45) is 0 Å². The van der Waals surface area contributed by atoms with Gasteiger partial charge >= 0.3 is 5.69 Å². The molecule has 0 aliphatic carbocycles. The molecule has 1 atom stereocenters. The minimum Gasteiger partial charge on any atom is -0.493 e. The van der Waals surface area contributed by atoms with E-state index in [1.54, 1.807) is 49.7 Å². The third-order valence-corrected chi connectivity index (χ3v) is 6.81. The van der Waals surface area contributed by atoms with E-state index in [0.717, 1.165) is 17.4 Å². The Bertz CT molecular complexity index is 1540. The smallest absolute Gasteiger partial charge is 0.327 e. The van der Waals surface area contributed by atoms with E-state index in [-0.39, 0.29) is 18.0 Å². The van der Waals surface area contributed by atoms with Gasteiger partial charge in [0.2, 0.25) is 0 Å². The first-order valence-corrected chi connectivity index (χ1v) is 13.5. The van der Waals surface area contributed by atoms with Crippen molar-refractivity contribution >= 4 is 21.0 Å². The van der Waals surface area contributed by atoms with Gasteiger partial charge in [-0.3, -0.25) is 4.57 Å². The Morgan fingerprint density at radius 3 is 2.58 bits per heavy atom. The molecule has 0 amide bonds. The number of methoxy groups -OCH3 is 1. The van der Waals surface area contributed by atoms with Gasteiger partial charge in [0.15, 0.2) is 17.1 Å². The molecule has 36 heavy (non-hydrogen) atoms. The van der Waals surface area contributed by atoms with E-state index < -0.39 is 21.6 Å². The summed E-state index contributed by atoms with van der Waals surface area (Å²) < 4.78 is 51.1. The predicted octanol–water partition coefficient (Wildman–Crippen LogP) is 3.69. The zero-order valence-electron chi connectivity index (χ0n) is 20.3. The van der Waals surface area contributed by atoms with Crippen LogP contribution in [0.15, 0.2) is 59.5 Å². The van der Waals surface area contributed by atoms with Crippen molar-refractivity contribution < 1.29 is 22.3 Å². The molecule has 1 N–H and O–H groups in total. The number of halogens is 1. The molecule has 0 saturated heterocycles. The Morgan fingerprint density at radius 2 is 1.89 bits per heavy atom. The third-order valence-electron chi connectivity index (χ3n) is 5.82. The fraction of sp³-hybridized carbons (Fsp3) is 0.308. The molecule has 0 bridgehead atoms. The van der Waals surface area contributed by atoms with E-state index in [1.165, 1.54) is 10.6 Å². The molecule has 1 unspecified atom stereocenters. The molecule has 0 aliphatic heterocycles. The molecule has 10 heteroatoms. The maximum atomic E-state index is 14.1. The van der Waals surface area contributed by atoms with Crippen LogP contribution in [-0.4, -0.2) is 48.7 Å². The molecule has 0 fully saturated rings. The maximum absolute atomic E-state index is 14.1. The van der Waals surface area contributed by atoms with Gasteiger partial charge in [-0.05, 0) is 54.3 Å². The van der Waals surface area contributed by atoms with Crippen LogP contribution in [-0.2, 0) is 22.7 Å². The van der Waals surface area contributed by atoms with Crippen LogP contribution in [0.5, 0.6) is 11.5 Å². The second-order valence-electron chi connectivity index (χ2n) is 8.65. The Morgan fingerprint density at radius 1 is 1.11 bits per heavy atom. The summed E-state index contributed by atoms with van der Waals surface area (Å²) >= 11 is 0. The summed E-state index contributed by atoms with van der Waals surface area (Å²) in [5.41, 5.74) is 2.34. The van der Waals surface area contributed by atoms with Gasteiger partial charge in [-0.2, -0.15) is 0 Å². The van der Waals surface area contributed by atoms with Crippen LogP contribution < -0.4 is 15.2 Å². The van der Waals surface area contributed by atoms with Crippen LogP contribution in [0.1, 0.15) is 29.7 Å². The average Bonchev–Trinajstić information content (AvgIpc) is 3.14. The summed E-state index contributed by atoms with van der Waals surface area (Å²) in [6.07, 6.45) is 3.28. The number of sulfone groups is 1. The Labute approximate surface area is 208 Å². The standard InChI is InChI=1S/C26H28FN3O5S/c1-4-35-24-14-17(9-10-23(24)34-2)12-20(16-36(3,32)33)30-25-22(29-26(30)31)13-18(15-28-25)11-19-7-5-6-8-21(19)27/h5-10,13-15,20H,4,11-12,16H2,1-3H3,(H,29,31). The zero-order chi connectivity index (χ0) is 25.9. The van der Waals surface area contributed by atoms with Crippen molar-refractivity contribution in [2.45, 2.75) is 25.8 Å². The van der Waals surface area contributed by atoms with E-state index in [1.807, 2.05) is 13.0 Å². The van der Waals surface area contributed by atoms with Gasteiger partial charge in [-0.25, -0.2) is 22.6 Å². The van der Waals surface area contributed by atoms with Gasteiger partial charge in [-0.15, -0.1) is 0 Å². The van der Waals surface area contributed by atoms with Crippen molar-refractivity contribution in [3.8, 4) is 11.5 Å². The highest BCUT2D eigenvalue weighted by Gasteiger charge is 2.24. The number of H-pyrrole nitrogens is 1. The number of fused-ring (bicyclic) bond motifs is 1. The molecule has 8 nitrogen and oxygen atoms in total. The molecule has 2 aromatic carbocycles. The third kappa shape index (κ3) is 5.76. The van der Waals surface area contributed by atoms with Crippen molar-refractivity contribution in [1.82, 2.24) is 14.5 Å². The largest absolute Gasteiger partial charge is 0.493 e. The molecule has 190 valence electrons. The lowest BCUT2D eigenvalue weighted by Gasteiger charge is -2.19. The van der Waals surface area contributed by atoms with Crippen LogP contribution in [0.4, 0.5) is 4.39 Å². The fourth-order valence-corrected chi connectivity index (χ4v) is 5.28. The molecule has 0 aliphatic rings. The lowest BCUT2D eigenvalue weighted by atomic mass is 10.1. The summed E-state index contributed by atoms with van der Waals surface area (Å²) in [4.78, 5) is 20.3. The average molecular weight is 514 g/mol. The number of rotatable bonds is 10. The minimum atomic E-state index is -3.44. The molecule has 4 rings (SSSR count). The highest BCUT2D eigenvalue weighted by molar-refractivity contribution is 7.90. The van der Waals surface area contributed by atoms with E-state index in [0.29, 0.717) is 41.3 Å². The highest BCUT2D eigenvalue weighted by atomic mass is 32.2. The van der Waals surface area contributed by atoms with Crippen LogP contribution in [0.25, 0.3) is 11.2 Å². The molecular formula is C26H28FN3O5S. The van der Waals surface area contributed by atoms with Crippen molar-refractivity contribution in [1.29, 1.82) is 0 Å². The lowest BCUT2D eigenvalue weighted by Crippen LogP contribution is -2.29. The first-order valence-electron chi connectivity index (χ1n) is 11.5. The number of ether oxygens (including phenoxy) is 2. The molecule has 2 heterocycles. The molecular weight excluding hydrogens is 485 g/mol. The van der Waals surface area contributed by atoms with Crippen LogP contribution in [0.2, 0.25) is 0 Å². The lowest BCUT2D eigenvalue weighted by molar-refractivity contribution is 0.310. The topological polar surface area (TPSA) is 103 Å². The Balaban J connectivity index is 1.72. The maximum Gasteiger partial charge on any atom is 0.327 e. The molecule has 0 radical (unpaired) electrons. The number of hydrogen-bond acceptors (Lipinski definition) is 6. The van der Waals surface area contributed by atoms with E-state index >= 15 is 0 Å². The fourth-order valence-electron chi connectivity index (χ4n) is 4.32. The number of nitrogens with zero attached hydrogens (tertiary/aromatic N) is 2. The SMILES string of the molecule is CCOc1cc(CC(CS(C)(=O)=O)n2c(=O)[nH]c3cc(Cc4ccccc4F)cnc32)ccc1OC. The van der Waals surface area contributed by atoms with Gasteiger partial charge < -0.3 is 14.5 Å². The summed E-state index contributed by atoms with van der Waals surface area (Å²) in [5.74, 6) is 0.531. The molecule has 4 aromatic rings. The number of aromatic amines is 1. The molecule has 2 aromatic heterocycles. The minimum absolute atomic E-state index is 0.253. The zero-order valence-corrected chi connectivity index (χ0v) is 21.1. The molecule has 0 saturated carbocycles. The monoisotopic (exact) mass is 513 g/mol. The van der Waals surface area contributed by atoms with Gasteiger partial charge in [0.05, 0.1) is 31.0 Å². The second kappa shape index (κ2) is 10.5. The van der Waals surface area contributed by atoms with Crippen molar-refractivity contribution in [2.75, 3.05) is 25.7 Å². The van der Waals surface area contributed by atoms with Gasteiger partial charge in [0.1, 0.15) is 15.7 Å². The number of nitrogens with one attached hydrogen (secondary N) is 1. The Hall–Kier alpha value is -3.66. The number of imidazole rings is 1. The summed E-state index contributed by atoms with van der Waals surface area (Å²) in [7, 11) is -1.90. The quantitative estimate of drug-likeness (QED) is 0.347. The second-order valence-corrected chi connectivity index (χ2v) is 10.8. The van der Waals surface area contributed by atoms with Crippen molar-refractivity contribution in [3.05, 3.63) is 87.7 Å². The van der Waals surface area contributed by atoms with E-state index in [2.05, 4.69) is 9.97 Å². The van der Waals surface area contributed by atoms with Crippen LogP contribution in [0, 0.1) is 5.82 Å². The highest BCUT2D eigenvalue weighted by Crippen LogP contribution is 2.30. The number of aromatic nitrogens is 3. The summed E-state index contributed by atoms with van der Waals surface area (Å²) in [6.45, 7) is 2.30. The summed E-state index contributed by atoms with van der Waals surface area (Å²) in [6, 6.07) is 12.9. The first-order chi connectivity index (χ1) is 17.2. The van der Waals surface area contributed by atoms with Crippen molar-refractivity contribution in [3.63, 3.8) is 0 Å². The van der Waals surface area contributed by atoms with E-state index in [4.69, 9.17) is 9.47 Å². The number of hydrogen-bond donors (Lipinski definition) is 1. The van der Waals surface area contributed by atoms with Crippen LogP contribution >= 0.6 is 0 Å². The van der Waals surface area contributed by atoms with Gasteiger partial charge in [-0.1, -0.05) is 24.3 Å². The predicted molar refractivity (Wildman–Crippen MR) is 136 cm³/mol.